The van der Waals surface area contributed by atoms with Gasteiger partial charge in [0.1, 0.15) is 17.2 Å². The number of amides is 1. The van der Waals surface area contributed by atoms with Gasteiger partial charge in [0.25, 0.3) is 5.91 Å². The number of nitrogens with one attached hydrogen (secondary N) is 1. The molecule has 0 saturated heterocycles. The molecule has 3 aromatic rings. The zero-order chi connectivity index (χ0) is 20.1. The van der Waals surface area contributed by atoms with Crippen molar-refractivity contribution < 1.29 is 19.0 Å². The van der Waals surface area contributed by atoms with Crippen LogP contribution in [0.2, 0.25) is 5.02 Å². The lowest BCUT2D eigenvalue weighted by molar-refractivity contribution is -0.122. The predicted octanol–water partition coefficient (Wildman–Crippen LogP) is 4.89. The normalized spacial score (nSPS) is 11.6. The number of nitrogens with zero attached hydrogens (tertiary/aromatic N) is 1. The highest BCUT2D eigenvalue weighted by atomic mass is 35.5. The summed E-state index contributed by atoms with van der Waals surface area (Å²) >= 11 is 7.17. The minimum atomic E-state index is -0.695. The number of hydrogen-bond acceptors (Lipinski definition) is 6. The van der Waals surface area contributed by atoms with E-state index in [0.717, 1.165) is 5.56 Å². The number of methoxy groups -OCH3 is 2. The molecule has 0 unspecified atom stereocenters. The van der Waals surface area contributed by atoms with Crippen LogP contribution in [-0.4, -0.2) is 31.2 Å². The molecule has 0 aliphatic rings. The summed E-state index contributed by atoms with van der Waals surface area (Å²) < 4.78 is 16.3. The highest BCUT2D eigenvalue weighted by molar-refractivity contribution is 7.14. The molecule has 1 N–H and O–H groups in total. The van der Waals surface area contributed by atoms with Gasteiger partial charge in [0.2, 0.25) is 0 Å². The Kier molecular flexibility index (Phi) is 6.38. The molecule has 0 radical (unpaired) electrons. The van der Waals surface area contributed by atoms with Gasteiger partial charge in [-0.3, -0.25) is 10.1 Å². The first-order chi connectivity index (χ1) is 13.5. The number of hydrogen-bond donors (Lipinski definition) is 1. The van der Waals surface area contributed by atoms with E-state index in [0.29, 0.717) is 33.1 Å². The van der Waals surface area contributed by atoms with Crippen LogP contribution in [0.25, 0.3) is 11.3 Å². The number of anilines is 1. The average molecular weight is 419 g/mol. The van der Waals surface area contributed by atoms with Crippen LogP contribution in [-0.2, 0) is 4.79 Å². The first-order valence-electron chi connectivity index (χ1n) is 8.41. The van der Waals surface area contributed by atoms with Gasteiger partial charge in [0.05, 0.1) is 19.9 Å². The molecule has 6 nitrogen and oxygen atoms in total. The van der Waals surface area contributed by atoms with Crippen molar-refractivity contribution >= 4 is 34.0 Å². The van der Waals surface area contributed by atoms with E-state index in [1.165, 1.54) is 11.3 Å². The van der Waals surface area contributed by atoms with Gasteiger partial charge in [-0.25, -0.2) is 4.98 Å². The van der Waals surface area contributed by atoms with Gasteiger partial charge < -0.3 is 14.2 Å². The maximum absolute atomic E-state index is 12.4. The number of carbonyl (C=O) groups is 1. The van der Waals surface area contributed by atoms with E-state index in [9.17, 15) is 4.79 Å². The second-order valence-electron chi connectivity index (χ2n) is 5.81. The van der Waals surface area contributed by atoms with E-state index in [1.54, 1.807) is 45.4 Å². The van der Waals surface area contributed by atoms with Gasteiger partial charge >= 0.3 is 0 Å². The summed E-state index contributed by atoms with van der Waals surface area (Å²) in [5, 5.41) is 5.69. The number of halogens is 1. The van der Waals surface area contributed by atoms with Crippen LogP contribution in [0.5, 0.6) is 17.2 Å². The summed E-state index contributed by atoms with van der Waals surface area (Å²) in [7, 11) is 3.19. The molecule has 8 heteroatoms. The molecule has 0 aliphatic carbocycles. The third kappa shape index (κ3) is 4.74. The summed E-state index contributed by atoms with van der Waals surface area (Å²) in [6.45, 7) is 1.67. The molecular weight excluding hydrogens is 400 g/mol. The Labute approximate surface area is 172 Å². The van der Waals surface area contributed by atoms with Crippen molar-refractivity contribution in [3.05, 3.63) is 52.9 Å². The standard InChI is InChI=1S/C20H19ClN2O4S/c1-12(27-14-6-4-13(21)5-7-14)19(24)23-20-22-17(11-28-20)16-10-15(25-2)8-9-18(16)26-3/h4-12H,1-3H3,(H,22,23,24)/t12-/m1/s1. The number of ether oxygens (including phenoxy) is 3. The molecule has 28 heavy (non-hydrogen) atoms. The highest BCUT2D eigenvalue weighted by Crippen LogP contribution is 2.35. The second-order valence-corrected chi connectivity index (χ2v) is 7.10. The average Bonchev–Trinajstić information content (AvgIpc) is 3.17. The van der Waals surface area contributed by atoms with Gasteiger partial charge in [-0.05, 0) is 49.4 Å². The van der Waals surface area contributed by atoms with E-state index < -0.39 is 6.10 Å². The van der Waals surface area contributed by atoms with Crippen LogP contribution in [0.15, 0.2) is 47.8 Å². The zero-order valence-corrected chi connectivity index (χ0v) is 17.1. The minimum Gasteiger partial charge on any atom is -0.497 e. The molecule has 2 aromatic carbocycles. The van der Waals surface area contributed by atoms with Gasteiger partial charge in [0, 0.05) is 16.0 Å². The third-order valence-electron chi connectivity index (χ3n) is 3.91. The van der Waals surface area contributed by atoms with E-state index in [4.69, 9.17) is 25.8 Å². The summed E-state index contributed by atoms with van der Waals surface area (Å²) in [6.07, 6.45) is -0.695. The third-order valence-corrected chi connectivity index (χ3v) is 4.92. The molecule has 0 spiro atoms. The lowest BCUT2D eigenvalue weighted by atomic mass is 10.1. The maximum atomic E-state index is 12.4. The Morgan fingerprint density at radius 1 is 1.11 bits per heavy atom. The van der Waals surface area contributed by atoms with E-state index in [1.807, 2.05) is 23.6 Å². The number of carbonyl (C=O) groups excluding carboxylic acids is 1. The molecule has 3 rings (SSSR count). The fraction of sp³-hybridized carbons (Fsp3) is 0.200. The number of benzene rings is 2. The fourth-order valence-electron chi connectivity index (χ4n) is 2.45. The first kappa shape index (κ1) is 20.0. The van der Waals surface area contributed by atoms with Crippen LogP contribution in [0.3, 0.4) is 0 Å². The van der Waals surface area contributed by atoms with Crippen molar-refractivity contribution in [1.29, 1.82) is 0 Å². The van der Waals surface area contributed by atoms with Crippen LogP contribution in [0, 0.1) is 0 Å². The van der Waals surface area contributed by atoms with Crippen molar-refractivity contribution in [3.8, 4) is 28.5 Å². The maximum Gasteiger partial charge on any atom is 0.266 e. The zero-order valence-electron chi connectivity index (χ0n) is 15.6. The smallest absolute Gasteiger partial charge is 0.266 e. The molecule has 1 heterocycles. The summed E-state index contributed by atoms with van der Waals surface area (Å²) in [6, 6.07) is 12.3. The minimum absolute atomic E-state index is 0.298. The molecule has 0 saturated carbocycles. The summed E-state index contributed by atoms with van der Waals surface area (Å²) in [4.78, 5) is 16.9. The molecule has 0 bridgehead atoms. The van der Waals surface area contributed by atoms with E-state index in [2.05, 4.69) is 10.3 Å². The van der Waals surface area contributed by atoms with Crippen LogP contribution < -0.4 is 19.5 Å². The van der Waals surface area contributed by atoms with Gasteiger partial charge in [0.15, 0.2) is 11.2 Å². The predicted molar refractivity (Wildman–Crippen MR) is 111 cm³/mol. The molecule has 1 atom stereocenters. The van der Waals surface area contributed by atoms with Crippen molar-refractivity contribution in [1.82, 2.24) is 4.98 Å². The molecular formula is C20H19ClN2O4S. The highest BCUT2D eigenvalue weighted by Gasteiger charge is 2.18. The van der Waals surface area contributed by atoms with Crippen molar-refractivity contribution in [2.75, 3.05) is 19.5 Å². The Bertz CT molecular complexity index is 959. The summed E-state index contributed by atoms with van der Waals surface area (Å²) in [5.41, 5.74) is 1.46. The van der Waals surface area contributed by atoms with Gasteiger partial charge in [-0.15, -0.1) is 11.3 Å². The molecule has 1 aromatic heterocycles. The number of thiazole rings is 1. The van der Waals surface area contributed by atoms with Crippen molar-refractivity contribution in [2.45, 2.75) is 13.0 Å². The Morgan fingerprint density at radius 3 is 2.50 bits per heavy atom. The van der Waals surface area contributed by atoms with Crippen molar-refractivity contribution in [3.63, 3.8) is 0 Å². The summed E-state index contributed by atoms with van der Waals surface area (Å²) in [5.74, 6) is 1.63. The van der Waals surface area contributed by atoms with Gasteiger partial charge in [-0.1, -0.05) is 11.6 Å². The molecule has 0 fully saturated rings. The fourth-order valence-corrected chi connectivity index (χ4v) is 3.29. The molecule has 146 valence electrons. The second kappa shape index (κ2) is 8.95. The number of aromatic nitrogens is 1. The van der Waals surface area contributed by atoms with Crippen LogP contribution >= 0.6 is 22.9 Å². The quantitative estimate of drug-likeness (QED) is 0.591. The monoisotopic (exact) mass is 418 g/mol. The van der Waals surface area contributed by atoms with Crippen LogP contribution in [0.1, 0.15) is 6.92 Å². The SMILES string of the molecule is COc1ccc(OC)c(-c2csc(NC(=O)[C@@H](C)Oc3ccc(Cl)cc3)n2)c1. The van der Waals surface area contributed by atoms with E-state index >= 15 is 0 Å². The van der Waals surface area contributed by atoms with Crippen molar-refractivity contribution in [2.24, 2.45) is 0 Å². The Balaban J connectivity index is 1.70. The molecule has 1 amide bonds. The topological polar surface area (TPSA) is 69.7 Å². The number of rotatable bonds is 7. The van der Waals surface area contributed by atoms with Crippen LogP contribution in [0.4, 0.5) is 5.13 Å². The Morgan fingerprint density at radius 2 is 1.82 bits per heavy atom. The lowest BCUT2D eigenvalue weighted by Gasteiger charge is -2.13. The largest absolute Gasteiger partial charge is 0.497 e. The van der Waals surface area contributed by atoms with E-state index in [-0.39, 0.29) is 5.91 Å². The van der Waals surface area contributed by atoms with Gasteiger partial charge in [-0.2, -0.15) is 0 Å². The Hall–Kier alpha value is -2.77. The lowest BCUT2D eigenvalue weighted by Crippen LogP contribution is -2.30. The molecule has 0 aliphatic heterocycles. The first-order valence-corrected chi connectivity index (χ1v) is 9.67.